The lowest BCUT2D eigenvalue weighted by Crippen LogP contribution is -2.37. The lowest BCUT2D eigenvalue weighted by atomic mass is 9.81. The smallest absolute Gasteiger partial charge is 0.311 e. The van der Waals surface area contributed by atoms with Crippen LogP contribution in [0.15, 0.2) is 12.1 Å². The van der Waals surface area contributed by atoms with Crippen molar-refractivity contribution in [1.29, 1.82) is 0 Å². The first kappa shape index (κ1) is 14.9. The first-order valence-corrected chi connectivity index (χ1v) is 7.33. The summed E-state index contributed by atoms with van der Waals surface area (Å²) in [6.45, 7) is 1.88. The Hall–Kier alpha value is -1.98. The van der Waals surface area contributed by atoms with Crippen LogP contribution < -0.4 is 0 Å². The number of benzene rings is 1. The van der Waals surface area contributed by atoms with Crippen LogP contribution in [0, 0.1) is 29.9 Å². The van der Waals surface area contributed by atoms with Gasteiger partial charge in [-0.25, -0.2) is 8.78 Å². The lowest BCUT2D eigenvalue weighted by molar-refractivity contribution is -0.149. The van der Waals surface area contributed by atoms with Crippen molar-refractivity contribution in [2.75, 3.05) is 13.1 Å². The number of likely N-dealkylation sites (tertiary alicyclic amines) is 1. The molecule has 0 unspecified atom stereocenters. The number of halogens is 2. The van der Waals surface area contributed by atoms with Crippen molar-refractivity contribution < 1.29 is 23.5 Å². The highest BCUT2D eigenvalue weighted by atomic mass is 19.1. The Balaban J connectivity index is 1.89. The third-order valence-corrected chi connectivity index (χ3v) is 5.06. The molecular weight excluding hydrogens is 292 g/mol. The molecule has 1 amide bonds. The minimum Gasteiger partial charge on any atom is -0.481 e. The summed E-state index contributed by atoms with van der Waals surface area (Å²) in [5.41, 5.74) is -0.905. The molecule has 118 valence electrons. The van der Waals surface area contributed by atoms with E-state index in [2.05, 4.69) is 0 Å². The van der Waals surface area contributed by atoms with E-state index < -0.39 is 28.9 Å². The van der Waals surface area contributed by atoms with Crippen LogP contribution in [0.4, 0.5) is 8.78 Å². The number of nitrogens with zero attached hydrogens (tertiary/aromatic N) is 1. The number of aliphatic carboxylic acids is 1. The van der Waals surface area contributed by atoms with E-state index in [9.17, 15) is 23.5 Å². The summed E-state index contributed by atoms with van der Waals surface area (Å²) < 4.78 is 27.2. The molecule has 1 aliphatic carbocycles. The second-order valence-corrected chi connectivity index (χ2v) is 6.32. The van der Waals surface area contributed by atoms with Gasteiger partial charge in [-0.2, -0.15) is 0 Å². The zero-order valence-corrected chi connectivity index (χ0v) is 12.2. The molecule has 22 heavy (non-hydrogen) atoms. The number of aryl methyl sites for hydroxylation is 1. The van der Waals surface area contributed by atoms with Crippen molar-refractivity contribution in [3.8, 4) is 0 Å². The van der Waals surface area contributed by atoms with E-state index in [4.69, 9.17) is 0 Å². The van der Waals surface area contributed by atoms with Gasteiger partial charge in [0.15, 0.2) is 0 Å². The van der Waals surface area contributed by atoms with Crippen molar-refractivity contribution in [2.24, 2.45) is 11.3 Å². The van der Waals surface area contributed by atoms with Crippen LogP contribution in [0.1, 0.15) is 35.2 Å². The maximum Gasteiger partial charge on any atom is 0.311 e. The SMILES string of the molecule is Cc1cc(C(=O)N2C[C@@H]3CCC[C@@]3(C(=O)O)C2)c(F)cc1F. The number of carboxylic acid groups (broad SMARTS) is 1. The molecule has 1 saturated carbocycles. The molecule has 1 aromatic carbocycles. The van der Waals surface area contributed by atoms with E-state index >= 15 is 0 Å². The highest BCUT2D eigenvalue weighted by molar-refractivity contribution is 5.95. The number of rotatable bonds is 2. The van der Waals surface area contributed by atoms with Crippen LogP contribution in [0.25, 0.3) is 0 Å². The molecule has 2 aliphatic rings. The van der Waals surface area contributed by atoms with Crippen LogP contribution in [0.2, 0.25) is 0 Å². The largest absolute Gasteiger partial charge is 0.481 e. The maximum atomic E-state index is 13.9. The van der Waals surface area contributed by atoms with E-state index in [0.717, 1.165) is 12.8 Å². The Labute approximate surface area is 126 Å². The molecule has 2 fully saturated rings. The summed E-state index contributed by atoms with van der Waals surface area (Å²) >= 11 is 0. The summed E-state index contributed by atoms with van der Waals surface area (Å²) in [4.78, 5) is 25.5. The molecule has 0 bridgehead atoms. The fourth-order valence-corrected chi connectivity index (χ4v) is 3.79. The molecule has 6 heteroatoms. The predicted molar refractivity (Wildman–Crippen MR) is 74.4 cm³/mol. The van der Waals surface area contributed by atoms with Gasteiger partial charge in [0.1, 0.15) is 11.6 Å². The van der Waals surface area contributed by atoms with Crippen LogP contribution >= 0.6 is 0 Å². The average molecular weight is 309 g/mol. The van der Waals surface area contributed by atoms with Crippen LogP contribution in [-0.2, 0) is 4.79 Å². The fraction of sp³-hybridized carbons (Fsp3) is 0.500. The van der Waals surface area contributed by atoms with Gasteiger partial charge in [0.2, 0.25) is 0 Å². The van der Waals surface area contributed by atoms with Crippen molar-refractivity contribution >= 4 is 11.9 Å². The third kappa shape index (κ3) is 2.09. The van der Waals surface area contributed by atoms with Crippen LogP contribution in [0.5, 0.6) is 0 Å². The molecule has 0 spiro atoms. The topological polar surface area (TPSA) is 57.6 Å². The number of amides is 1. The quantitative estimate of drug-likeness (QED) is 0.913. The molecule has 2 atom stereocenters. The second kappa shape index (κ2) is 5.04. The Morgan fingerprint density at radius 3 is 2.68 bits per heavy atom. The lowest BCUT2D eigenvalue weighted by Gasteiger charge is -2.23. The van der Waals surface area contributed by atoms with E-state index in [0.29, 0.717) is 19.0 Å². The highest BCUT2D eigenvalue weighted by Crippen LogP contribution is 2.49. The minimum absolute atomic E-state index is 0.0847. The van der Waals surface area contributed by atoms with Gasteiger partial charge in [0, 0.05) is 19.2 Å². The molecule has 1 aromatic rings. The highest BCUT2D eigenvalue weighted by Gasteiger charge is 2.55. The second-order valence-electron chi connectivity index (χ2n) is 6.32. The predicted octanol–water partition coefficient (Wildman–Crippen LogP) is 2.60. The Morgan fingerprint density at radius 2 is 2.05 bits per heavy atom. The number of fused-ring (bicyclic) bond motifs is 1. The molecule has 0 radical (unpaired) electrons. The molecule has 1 N–H and O–H groups in total. The van der Waals surface area contributed by atoms with Crippen LogP contribution in [-0.4, -0.2) is 35.0 Å². The minimum atomic E-state index is -0.908. The summed E-state index contributed by atoms with van der Waals surface area (Å²) in [6.07, 6.45) is 2.14. The molecule has 3 rings (SSSR count). The van der Waals surface area contributed by atoms with Gasteiger partial charge in [-0.3, -0.25) is 9.59 Å². The van der Waals surface area contributed by atoms with Crippen molar-refractivity contribution in [1.82, 2.24) is 4.90 Å². The third-order valence-electron chi connectivity index (χ3n) is 5.06. The Bertz CT molecular complexity index is 661. The Morgan fingerprint density at radius 1 is 1.32 bits per heavy atom. The zero-order valence-electron chi connectivity index (χ0n) is 12.2. The Kier molecular flexibility index (Phi) is 3.42. The average Bonchev–Trinajstić information content (AvgIpc) is 2.99. The number of hydrogen-bond acceptors (Lipinski definition) is 2. The van der Waals surface area contributed by atoms with E-state index in [1.54, 1.807) is 0 Å². The summed E-state index contributed by atoms with van der Waals surface area (Å²) in [7, 11) is 0. The number of carbonyl (C=O) groups excluding carboxylic acids is 1. The van der Waals surface area contributed by atoms with Gasteiger partial charge in [-0.05, 0) is 37.3 Å². The normalized spacial score (nSPS) is 27.0. The number of carboxylic acids is 1. The zero-order chi connectivity index (χ0) is 16.1. The maximum absolute atomic E-state index is 13.9. The fourth-order valence-electron chi connectivity index (χ4n) is 3.79. The van der Waals surface area contributed by atoms with E-state index in [1.807, 2.05) is 0 Å². The van der Waals surface area contributed by atoms with Gasteiger partial charge >= 0.3 is 5.97 Å². The van der Waals surface area contributed by atoms with E-state index in [-0.39, 0.29) is 23.6 Å². The van der Waals surface area contributed by atoms with Crippen molar-refractivity contribution in [3.05, 3.63) is 34.9 Å². The van der Waals surface area contributed by atoms with Gasteiger partial charge in [0.25, 0.3) is 5.91 Å². The molecule has 1 saturated heterocycles. The van der Waals surface area contributed by atoms with Crippen molar-refractivity contribution in [3.63, 3.8) is 0 Å². The summed E-state index contributed by atoms with van der Waals surface area (Å²) in [5.74, 6) is -3.14. The van der Waals surface area contributed by atoms with Crippen LogP contribution in [0.3, 0.4) is 0 Å². The molecular formula is C16H17F2NO3. The summed E-state index contributed by atoms with van der Waals surface area (Å²) in [5, 5.41) is 9.52. The molecule has 1 heterocycles. The number of carbonyl (C=O) groups is 2. The molecule has 4 nitrogen and oxygen atoms in total. The summed E-state index contributed by atoms with van der Waals surface area (Å²) in [6, 6.07) is 1.89. The van der Waals surface area contributed by atoms with Crippen molar-refractivity contribution in [2.45, 2.75) is 26.2 Å². The van der Waals surface area contributed by atoms with Gasteiger partial charge in [-0.1, -0.05) is 6.42 Å². The van der Waals surface area contributed by atoms with Gasteiger partial charge in [-0.15, -0.1) is 0 Å². The van der Waals surface area contributed by atoms with Gasteiger partial charge < -0.3 is 10.0 Å². The van der Waals surface area contributed by atoms with Gasteiger partial charge in [0.05, 0.1) is 11.0 Å². The van der Waals surface area contributed by atoms with E-state index in [1.165, 1.54) is 17.9 Å². The monoisotopic (exact) mass is 309 g/mol. The molecule has 0 aromatic heterocycles. The molecule has 1 aliphatic heterocycles. The standard InChI is InChI=1S/C16H17F2NO3/c1-9-5-11(13(18)6-12(9)17)14(20)19-7-10-3-2-4-16(10,8-19)15(21)22/h5-6,10H,2-4,7-8H2,1H3,(H,21,22)/t10-,16+/m0/s1. The first-order chi connectivity index (χ1) is 10.3. The first-order valence-electron chi connectivity index (χ1n) is 7.33. The number of hydrogen-bond donors (Lipinski definition) is 1.